The molecule has 0 saturated heterocycles. The molecule has 0 heterocycles. The molecule has 0 aliphatic rings. The van der Waals surface area contributed by atoms with Crippen LogP contribution in [0.2, 0.25) is 0 Å². The van der Waals surface area contributed by atoms with E-state index in [0.29, 0.717) is 17.1 Å². The van der Waals surface area contributed by atoms with Crippen molar-refractivity contribution in [1.29, 1.82) is 0 Å². The number of carboxylic acid groups (broad SMARTS) is 1. The van der Waals surface area contributed by atoms with Gasteiger partial charge < -0.3 is 15.1 Å². The van der Waals surface area contributed by atoms with Gasteiger partial charge in [0.25, 0.3) is 0 Å². The normalized spacial score (nSPS) is 12.7. The quantitative estimate of drug-likeness (QED) is 0.413. The molecule has 2 unspecified atom stereocenters. The molecular formula is C17H29NO5S. The molecular weight excluding hydrogens is 330 g/mol. The minimum absolute atomic E-state index is 0.450. The number of unbranched alkanes of at least 4 members (excludes halogenated alkanes) is 5. The molecule has 0 amide bonds. The standard InChI is InChI=1S/C17H26O4S.H3NO/c1-3-4-5-6-7-8-12-16(17(18)19)22(20)15-11-9-10-14(13-15)21-2;1-2/h9-11,13,16H,3-8,12H2,1-2H3,(H,18,19);2H,1H2. The highest BCUT2D eigenvalue weighted by atomic mass is 32.2. The van der Waals surface area contributed by atoms with Gasteiger partial charge in [-0.25, -0.2) is 5.90 Å². The van der Waals surface area contributed by atoms with Gasteiger partial charge in [0.15, 0.2) is 0 Å². The van der Waals surface area contributed by atoms with Crippen LogP contribution in [-0.4, -0.2) is 32.9 Å². The largest absolute Gasteiger partial charge is 0.497 e. The van der Waals surface area contributed by atoms with Crippen LogP contribution in [0.5, 0.6) is 5.75 Å². The summed E-state index contributed by atoms with van der Waals surface area (Å²) in [6, 6.07) is 6.82. The van der Waals surface area contributed by atoms with Crippen LogP contribution >= 0.6 is 0 Å². The molecule has 0 bridgehead atoms. The highest BCUT2D eigenvalue weighted by Crippen LogP contribution is 2.21. The van der Waals surface area contributed by atoms with E-state index in [0.717, 1.165) is 19.3 Å². The van der Waals surface area contributed by atoms with Crippen molar-refractivity contribution in [2.24, 2.45) is 5.90 Å². The second-order valence-corrected chi connectivity index (χ2v) is 6.99. The molecule has 24 heavy (non-hydrogen) atoms. The zero-order chi connectivity index (χ0) is 18.4. The zero-order valence-corrected chi connectivity index (χ0v) is 15.3. The maximum atomic E-state index is 12.5. The summed E-state index contributed by atoms with van der Waals surface area (Å²) in [7, 11) is -0.0168. The van der Waals surface area contributed by atoms with Crippen molar-refractivity contribution in [2.45, 2.75) is 62.0 Å². The van der Waals surface area contributed by atoms with Gasteiger partial charge in [0.05, 0.1) is 17.9 Å². The molecule has 1 aromatic carbocycles. The minimum atomic E-state index is -1.55. The van der Waals surface area contributed by atoms with Gasteiger partial charge >= 0.3 is 5.97 Å². The molecule has 138 valence electrons. The van der Waals surface area contributed by atoms with E-state index in [2.05, 4.69) is 12.8 Å². The number of carbonyl (C=O) groups is 1. The number of aliphatic carboxylic acids is 1. The Bertz CT molecular complexity index is 496. The highest BCUT2D eigenvalue weighted by molar-refractivity contribution is 7.86. The lowest BCUT2D eigenvalue weighted by Gasteiger charge is -2.13. The molecule has 0 fully saturated rings. The molecule has 0 saturated carbocycles. The third kappa shape index (κ3) is 8.42. The third-order valence-corrected chi connectivity index (χ3v) is 5.30. The lowest BCUT2D eigenvalue weighted by atomic mass is 10.1. The number of hydrogen-bond acceptors (Lipinski definition) is 5. The van der Waals surface area contributed by atoms with Crippen molar-refractivity contribution in [3.8, 4) is 5.75 Å². The Morgan fingerprint density at radius 3 is 2.42 bits per heavy atom. The molecule has 0 aromatic heterocycles. The lowest BCUT2D eigenvalue weighted by Crippen LogP contribution is -2.25. The fraction of sp³-hybridized carbons (Fsp3) is 0.588. The van der Waals surface area contributed by atoms with Gasteiger partial charge in [0.1, 0.15) is 11.0 Å². The lowest BCUT2D eigenvalue weighted by molar-refractivity contribution is -0.136. The molecule has 0 aliphatic carbocycles. The summed E-state index contributed by atoms with van der Waals surface area (Å²) in [4.78, 5) is 11.9. The number of hydrogen-bond donors (Lipinski definition) is 3. The summed E-state index contributed by atoms with van der Waals surface area (Å²) < 4.78 is 17.6. The van der Waals surface area contributed by atoms with E-state index in [4.69, 9.17) is 9.94 Å². The first-order valence-corrected chi connectivity index (χ1v) is 9.34. The minimum Gasteiger partial charge on any atom is -0.497 e. The average Bonchev–Trinajstić information content (AvgIpc) is 2.62. The van der Waals surface area contributed by atoms with Crippen LogP contribution in [0.15, 0.2) is 29.2 Å². The molecule has 1 aromatic rings. The number of rotatable bonds is 11. The van der Waals surface area contributed by atoms with E-state index in [-0.39, 0.29) is 0 Å². The van der Waals surface area contributed by atoms with Crippen molar-refractivity contribution < 1.29 is 24.1 Å². The number of methoxy groups -OCH3 is 1. The van der Waals surface area contributed by atoms with Crippen molar-refractivity contribution in [1.82, 2.24) is 0 Å². The average molecular weight is 359 g/mol. The van der Waals surface area contributed by atoms with Crippen LogP contribution in [0.25, 0.3) is 0 Å². The first-order chi connectivity index (χ1) is 11.6. The van der Waals surface area contributed by atoms with E-state index in [9.17, 15) is 14.1 Å². The molecule has 2 atom stereocenters. The molecule has 4 N–H and O–H groups in total. The molecule has 0 spiro atoms. The van der Waals surface area contributed by atoms with E-state index >= 15 is 0 Å². The van der Waals surface area contributed by atoms with E-state index < -0.39 is 22.0 Å². The van der Waals surface area contributed by atoms with Crippen LogP contribution in [0.1, 0.15) is 51.9 Å². The van der Waals surface area contributed by atoms with E-state index in [1.165, 1.54) is 26.4 Å². The second-order valence-electron chi connectivity index (χ2n) is 5.36. The number of benzene rings is 1. The van der Waals surface area contributed by atoms with Gasteiger partial charge in [-0.15, -0.1) is 0 Å². The SMILES string of the molecule is CCCCCCCCC(C(=O)O)S(=O)c1cccc(OC)c1.NO. The number of carboxylic acids is 1. The molecule has 7 heteroatoms. The fourth-order valence-electron chi connectivity index (χ4n) is 2.32. The third-order valence-electron chi connectivity index (χ3n) is 3.63. The van der Waals surface area contributed by atoms with Gasteiger partial charge in [0.2, 0.25) is 0 Å². The Kier molecular flexibility index (Phi) is 13.1. The van der Waals surface area contributed by atoms with Crippen LogP contribution < -0.4 is 10.6 Å². The van der Waals surface area contributed by atoms with E-state index in [1.54, 1.807) is 24.3 Å². The summed E-state index contributed by atoms with van der Waals surface area (Å²) in [5, 5.41) is 15.0. The summed E-state index contributed by atoms with van der Waals surface area (Å²) in [5.41, 5.74) is 0. The smallest absolute Gasteiger partial charge is 0.319 e. The first-order valence-electron chi connectivity index (χ1n) is 8.13. The molecule has 0 radical (unpaired) electrons. The predicted octanol–water partition coefficient (Wildman–Crippen LogP) is 3.34. The van der Waals surface area contributed by atoms with Crippen molar-refractivity contribution in [2.75, 3.05) is 7.11 Å². The molecule has 1 rings (SSSR count). The first kappa shape index (κ1) is 22.6. The maximum absolute atomic E-state index is 12.5. The monoisotopic (exact) mass is 359 g/mol. The molecule has 0 aliphatic heterocycles. The van der Waals surface area contributed by atoms with Gasteiger partial charge in [-0.05, 0) is 24.6 Å². The van der Waals surface area contributed by atoms with Crippen molar-refractivity contribution in [3.63, 3.8) is 0 Å². The number of ether oxygens (including phenoxy) is 1. The second kappa shape index (κ2) is 13.9. The number of nitrogens with two attached hydrogens (primary N) is 1. The fourth-order valence-corrected chi connectivity index (χ4v) is 3.66. The van der Waals surface area contributed by atoms with Gasteiger partial charge in [-0.1, -0.05) is 51.5 Å². The Labute approximate surface area is 146 Å². The summed E-state index contributed by atoms with van der Waals surface area (Å²) in [6.45, 7) is 2.16. The van der Waals surface area contributed by atoms with Crippen molar-refractivity contribution >= 4 is 16.8 Å². The predicted molar refractivity (Wildman–Crippen MR) is 94.8 cm³/mol. The topological polar surface area (TPSA) is 110 Å². The van der Waals surface area contributed by atoms with Gasteiger partial charge in [0, 0.05) is 4.90 Å². The van der Waals surface area contributed by atoms with Crippen LogP contribution in [-0.2, 0) is 15.6 Å². The van der Waals surface area contributed by atoms with Crippen LogP contribution in [0.4, 0.5) is 0 Å². The summed E-state index contributed by atoms with van der Waals surface area (Å²) >= 11 is 0. The van der Waals surface area contributed by atoms with Gasteiger partial charge in [-0.3, -0.25) is 9.00 Å². The highest BCUT2D eigenvalue weighted by Gasteiger charge is 2.25. The Hall–Kier alpha value is -1.44. The van der Waals surface area contributed by atoms with Crippen LogP contribution in [0.3, 0.4) is 0 Å². The van der Waals surface area contributed by atoms with Crippen LogP contribution in [0, 0.1) is 0 Å². The Morgan fingerprint density at radius 2 is 1.83 bits per heavy atom. The maximum Gasteiger partial charge on any atom is 0.319 e. The summed E-state index contributed by atoms with van der Waals surface area (Å²) in [5.74, 6) is 3.10. The summed E-state index contributed by atoms with van der Waals surface area (Å²) in [6.07, 6.45) is 6.97. The molecule has 6 nitrogen and oxygen atoms in total. The van der Waals surface area contributed by atoms with E-state index in [1.807, 2.05) is 0 Å². The zero-order valence-electron chi connectivity index (χ0n) is 14.4. The Morgan fingerprint density at radius 1 is 1.21 bits per heavy atom. The van der Waals surface area contributed by atoms with Gasteiger partial charge in [-0.2, -0.15) is 0 Å². The van der Waals surface area contributed by atoms with Crippen molar-refractivity contribution in [3.05, 3.63) is 24.3 Å². The Balaban J connectivity index is 0.00000254.